The summed E-state index contributed by atoms with van der Waals surface area (Å²) >= 11 is 0. The second-order valence-electron chi connectivity index (χ2n) is 7.55. The van der Waals surface area contributed by atoms with E-state index in [9.17, 15) is 9.59 Å². The minimum atomic E-state index is -0.212. The lowest BCUT2D eigenvalue weighted by atomic mass is 9.92. The van der Waals surface area contributed by atoms with Crippen molar-refractivity contribution in [1.82, 2.24) is 14.7 Å². The van der Waals surface area contributed by atoms with Crippen molar-refractivity contribution < 1.29 is 9.59 Å². The van der Waals surface area contributed by atoms with Crippen LogP contribution in [0.15, 0.2) is 6.07 Å². The van der Waals surface area contributed by atoms with E-state index in [1.807, 2.05) is 33.8 Å². The van der Waals surface area contributed by atoms with Crippen LogP contribution in [0.2, 0.25) is 0 Å². The van der Waals surface area contributed by atoms with Crippen LogP contribution in [-0.4, -0.2) is 39.1 Å². The Morgan fingerprint density at radius 3 is 2.22 bits per heavy atom. The molecule has 0 aliphatic rings. The summed E-state index contributed by atoms with van der Waals surface area (Å²) < 4.78 is 1.66. The number of carbonyl (C=O) groups is 2. The number of amides is 2. The highest BCUT2D eigenvalue weighted by molar-refractivity contribution is 5.94. The van der Waals surface area contributed by atoms with E-state index in [1.165, 1.54) is 0 Å². The van der Waals surface area contributed by atoms with E-state index in [0.29, 0.717) is 5.82 Å². The van der Waals surface area contributed by atoms with Gasteiger partial charge >= 0.3 is 0 Å². The van der Waals surface area contributed by atoms with Crippen molar-refractivity contribution in [2.24, 2.45) is 13.0 Å². The maximum absolute atomic E-state index is 12.3. The van der Waals surface area contributed by atoms with Crippen LogP contribution in [0.3, 0.4) is 0 Å². The Kier molecular flexibility index (Phi) is 5.97. The van der Waals surface area contributed by atoms with E-state index in [0.717, 1.165) is 5.69 Å². The van der Waals surface area contributed by atoms with Crippen LogP contribution < -0.4 is 5.32 Å². The van der Waals surface area contributed by atoms with Gasteiger partial charge in [0.1, 0.15) is 12.4 Å². The second kappa shape index (κ2) is 7.15. The molecule has 0 unspecified atom stereocenters. The summed E-state index contributed by atoms with van der Waals surface area (Å²) in [5, 5.41) is 7.28. The van der Waals surface area contributed by atoms with Crippen LogP contribution in [-0.2, 0) is 22.1 Å². The van der Waals surface area contributed by atoms with Crippen molar-refractivity contribution in [3.8, 4) is 0 Å². The molecule has 130 valence electrons. The van der Waals surface area contributed by atoms with Gasteiger partial charge in [-0.25, -0.2) is 0 Å². The molecule has 6 nitrogen and oxygen atoms in total. The molecule has 1 N–H and O–H groups in total. The quantitative estimate of drug-likeness (QED) is 0.906. The van der Waals surface area contributed by atoms with Gasteiger partial charge in [0.25, 0.3) is 0 Å². The molecule has 2 amide bonds. The topological polar surface area (TPSA) is 67.2 Å². The molecule has 0 aromatic carbocycles. The van der Waals surface area contributed by atoms with E-state index < -0.39 is 0 Å². The summed E-state index contributed by atoms with van der Waals surface area (Å²) in [5.41, 5.74) is 0.826. The highest BCUT2D eigenvalue weighted by Crippen LogP contribution is 2.23. The van der Waals surface area contributed by atoms with Crippen LogP contribution >= 0.6 is 0 Å². The van der Waals surface area contributed by atoms with Crippen LogP contribution in [0, 0.1) is 5.92 Å². The molecule has 0 atom stereocenters. The minimum absolute atomic E-state index is 0.0180. The average molecular weight is 322 g/mol. The molecule has 0 spiro atoms. The summed E-state index contributed by atoms with van der Waals surface area (Å²) in [4.78, 5) is 26.1. The highest BCUT2D eigenvalue weighted by Gasteiger charge is 2.24. The molecule has 6 heteroatoms. The maximum atomic E-state index is 12.3. The number of anilines is 1. The van der Waals surface area contributed by atoms with Gasteiger partial charge in [-0.3, -0.25) is 14.3 Å². The lowest BCUT2D eigenvalue weighted by Crippen LogP contribution is -2.44. The van der Waals surface area contributed by atoms with Crippen molar-refractivity contribution in [2.45, 2.75) is 59.9 Å². The fourth-order valence-corrected chi connectivity index (χ4v) is 2.13. The Labute approximate surface area is 139 Å². The van der Waals surface area contributed by atoms with Gasteiger partial charge in [0.05, 0.1) is 5.69 Å². The molecule has 1 aromatic heterocycles. The van der Waals surface area contributed by atoms with Crippen molar-refractivity contribution in [1.29, 1.82) is 0 Å². The molecule has 0 bridgehead atoms. The van der Waals surface area contributed by atoms with Gasteiger partial charge in [-0.15, -0.1) is 0 Å². The lowest BCUT2D eigenvalue weighted by molar-refractivity contribution is -0.139. The number of hydrogen-bond donors (Lipinski definition) is 1. The Morgan fingerprint density at radius 2 is 1.83 bits per heavy atom. The zero-order valence-electron chi connectivity index (χ0n) is 15.6. The third-order valence-electron chi connectivity index (χ3n) is 3.63. The van der Waals surface area contributed by atoms with Crippen LogP contribution in [0.1, 0.15) is 54.2 Å². The van der Waals surface area contributed by atoms with Crippen molar-refractivity contribution in [3.63, 3.8) is 0 Å². The molecule has 1 rings (SSSR count). The van der Waals surface area contributed by atoms with E-state index in [-0.39, 0.29) is 35.7 Å². The number of nitrogens with one attached hydrogen (secondary N) is 1. The van der Waals surface area contributed by atoms with Crippen molar-refractivity contribution in [3.05, 3.63) is 11.8 Å². The largest absolute Gasteiger partial charge is 0.331 e. The maximum Gasteiger partial charge on any atom is 0.245 e. The van der Waals surface area contributed by atoms with Gasteiger partial charge < -0.3 is 10.2 Å². The normalized spacial score (nSPS) is 11.9. The molecule has 0 saturated carbocycles. The zero-order chi connectivity index (χ0) is 17.9. The molecule has 0 fully saturated rings. The summed E-state index contributed by atoms with van der Waals surface area (Å²) in [6.45, 7) is 13.8. The summed E-state index contributed by atoms with van der Waals surface area (Å²) in [5.74, 6) is 0.279. The summed E-state index contributed by atoms with van der Waals surface area (Å²) in [6, 6.07) is 1.86. The third kappa shape index (κ3) is 5.08. The number of nitrogens with zero attached hydrogens (tertiary/aromatic N) is 3. The number of carbonyl (C=O) groups excluding carboxylic acids is 2. The Morgan fingerprint density at radius 1 is 1.26 bits per heavy atom. The first-order chi connectivity index (χ1) is 10.4. The van der Waals surface area contributed by atoms with Crippen molar-refractivity contribution in [2.75, 3.05) is 11.9 Å². The number of aryl methyl sites for hydroxylation is 1. The van der Waals surface area contributed by atoms with E-state index in [2.05, 4.69) is 31.2 Å². The fourth-order valence-electron chi connectivity index (χ4n) is 2.13. The molecule has 1 aromatic rings. The monoisotopic (exact) mass is 322 g/mol. The molecule has 0 radical (unpaired) electrons. The van der Waals surface area contributed by atoms with Gasteiger partial charge in [0.15, 0.2) is 0 Å². The Hall–Kier alpha value is -1.85. The minimum Gasteiger partial charge on any atom is -0.331 e. The first-order valence-electron chi connectivity index (χ1n) is 8.08. The van der Waals surface area contributed by atoms with Crippen LogP contribution in [0.25, 0.3) is 0 Å². The molecule has 0 aliphatic carbocycles. The van der Waals surface area contributed by atoms with Gasteiger partial charge in [-0.2, -0.15) is 5.10 Å². The van der Waals surface area contributed by atoms with Crippen LogP contribution in [0.5, 0.6) is 0 Å². The Balaban J connectivity index is 2.83. The van der Waals surface area contributed by atoms with Gasteiger partial charge in [0.2, 0.25) is 11.8 Å². The number of aromatic nitrogens is 2. The number of rotatable bonds is 5. The highest BCUT2D eigenvalue weighted by atomic mass is 16.2. The van der Waals surface area contributed by atoms with E-state index >= 15 is 0 Å². The first kappa shape index (κ1) is 19.2. The van der Waals surface area contributed by atoms with E-state index in [1.54, 1.807) is 16.6 Å². The average Bonchev–Trinajstić information content (AvgIpc) is 2.76. The van der Waals surface area contributed by atoms with Gasteiger partial charge in [0, 0.05) is 30.5 Å². The smallest absolute Gasteiger partial charge is 0.245 e. The Bertz CT molecular complexity index is 568. The molecule has 0 saturated heterocycles. The molecule has 0 aliphatic heterocycles. The molecular weight excluding hydrogens is 292 g/mol. The summed E-state index contributed by atoms with van der Waals surface area (Å²) in [6.07, 6.45) is 0. The predicted octanol–water partition coefficient (Wildman–Crippen LogP) is 2.55. The van der Waals surface area contributed by atoms with Crippen LogP contribution in [0.4, 0.5) is 5.82 Å². The van der Waals surface area contributed by atoms with Gasteiger partial charge in [-0.1, -0.05) is 34.6 Å². The predicted molar refractivity (Wildman–Crippen MR) is 92.2 cm³/mol. The zero-order valence-corrected chi connectivity index (χ0v) is 15.6. The SMILES string of the molecule is CC(C)C(=O)N(CC(=O)Nc1cc(C(C)(C)C)nn1C)C(C)C. The fraction of sp³-hybridized carbons (Fsp3) is 0.706. The molecular formula is C17H30N4O2. The molecule has 1 heterocycles. The van der Waals surface area contributed by atoms with E-state index in [4.69, 9.17) is 0 Å². The number of hydrogen-bond acceptors (Lipinski definition) is 3. The lowest BCUT2D eigenvalue weighted by Gasteiger charge is -2.27. The third-order valence-corrected chi connectivity index (χ3v) is 3.63. The standard InChI is InChI=1S/C17H30N4O2/c1-11(2)16(23)21(12(3)4)10-15(22)18-14-9-13(17(5,6)7)19-20(14)8/h9,11-12H,10H2,1-8H3,(H,18,22). The summed E-state index contributed by atoms with van der Waals surface area (Å²) in [7, 11) is 1.80. The second-order valence-corrected chi connectivity index (χ2v) is 7.55. The van der Waals surface area contributed by atoms with Gasteiger partial charge in [-0.05, 0) is 13.8 Å². The van der Waals surface area contributed by atoms with Crippen molar-refractivity contribution >= 4 is 17.6 Å². The first-order valence-corrected chi connectivity index (χ1v) is 8.08. The molecule has 23 heavy (non-hydrogen) atoms.